The summed E-state index contributed by atoms with van der Waals surface area (Å²) in [5, 5.41) is 0. The lowest BCUT2D eigenvalue weighted by Crippen LogP contribution is -2.26. The summed E-state index contributed by atoms with van der Waals surface area (Å²) in [6.45, 7) is 0. The highest BCUT2D eigenvalue weighted by Crippen LogP contribution is 2.36. The predicted octanol–water partition coefficient (Wildman–Crippen LogP) is 3.51. The van der Waals surface area contributed by atoms with Crippen LogP contribution >= 0.6 is 35.0 Å². The molecule has 0 aromatic heterocycles. The largest absolute Gasteiger partial charge is 0.324 e. The molecule has 1 fully saturated rings. The lowest BCUT2D eigenvalue weighted by atomic mass is 9.78. The molecule has 0 unspecified atom stereocenters. The maximum atomic E-state index is 6.15. The van der Waals surface area contributed by atoms with Crippen molar-refractivity contribution in [3.8, 4) is 0 Å². The molecule has 1 aromatic carbocycles. The first kappa shape index (κ1) is 12.3. The van der Waals surface area contributed by atoms with E-state index in [1.54, 1.807) is 0 Å². The number of nitrogens with two attached hydrogens (primary N) is 1. The van der Waals surface area contributed by atoms with Crippen LogP contribution in [0.25, 0.3) is 0 Å². The van der Waals surface area contributed by atoms with Crippen LogP contribution in [-0.2, 0) is 0 Å². The molecule has 0 radical (unpaired) electrons. The van der Waals surface area contributed by atoms with Gasteiger partial charge in [0.2, 0.25) is 0 Å². The van der Waals surface area contributed by atoms with Crippen molar-refractivity contribution >= 4 is 35.0 Å². The molecule has 3 heteroatoms. The highest BCUT2D eigenvalue weighted by atomic mass is 127. The van der Waals surface area contributed by atoms with Crippen LogP contribution in [-0.4, -0.2) is 0 Å². The Morgan fingerprint density at radius 3 is 2.21 bits per heavy atom. The summed E-state index contributed by atoms with van der Waals surface area (Å²) in [6.07, 6.45) is 3.99. The van der Waals surface area contributed by atoms with Crippen LogP contribution in [0.5, 0.6) is 0 Å². The molecule has 0 aliphatic heterocycles. The molecule has 2 rings (SSSR count). The topological polar surface area (TPSA) is 26.0 Å². The molecule has 0 spiro atoms. The molecule has 14 heavy (non-hydrogen) atoms. The molecule has 0 bridgehead atoms. The number of rotatable bonds is 2. The van der Waals surface area contributed by atoms with Crippen molar-refractivity contribution in [2.24, 2.45) is 11.7 Å². The number of hydrogen-bond donors (Lipinski definition) is 1. The van der Waals surface area contributed by atoms with Gasteiger partial charge >= 0.3 is 0 Å². The van der Waals surface area contributed by atoms with Crippen molar-refractivity contribution in [3.05, 3.63) is 33.4 Å². The van der Waals surface area contributed by atoms with E-state index in [2.05, 4.69) is 46.9 Å². The van der Waals surface area contributed by atoms with Gasteiger partial charge in [0.1, 0.15) is 0 Å². The summed E-state index contributed by atoms with van der Waals surface area (Å²) in [6, 6.07) is 8.85. The Labute approximate surface area is 105 Å². The van der Waals surface area contributed by atoms with Crippen molar-refractivity contribution in [1.82, 2.24) is 0 Å². The molecule has 78 valence electrons. The summed E-state index contributed by atoms with van der Waals surface area (Å²) in [4.78, 5) is 0. The Kier molecular flexibility index (Phi) is 4.67. The molecule has 2 N–H and O–H groups in total. The van der Waals surface area contributed by atoms with Crippen LogP contribution in [0.4, 0.5) is 0 Å². The van der Waals surface area contributed by atoms with E-state index in [9.17, 15) is 0 Å². The van der Waals surface area contributed by atoms with E-state index < -0.39 is 0 Å². The van der Waals surface area contributed by atoms with Crippen LogP contribution in [0.2, 0.25) is 0 Å². The first-order chi connectivity index (χ1) is 6.27. The van der Waals surface area contributed by atoms with Gasteiger partial charge in [0.05, 0.1) is 0 Å². The Morgan fingerprint density at radius 1 is 1.21 bits per heavy atom. The second kappa shape index (κ2) is 5.33. The first-order valence-electron chi connectivity index (χ1n) is 4.78. The van der Waals surface area contributed by atoms with Crippen LogP contribution in [0, 0.1) is 9.49 Å². The molecule has 0 amide bonds. The number of halogens is 2. The third kappa shape index (κ3) is 2.61. The number of benzene rings is 1. The van der Waals surface area contributed by atoms with Gasteiger partial charge in [0.25, 0.3) is 0 Å². The minimum atomic E-state index is 0. The zero-order chi connectivity index (χ0) is 9.26. The van der Waals surface area contributed by atoms with Crippen molar-refractivity contribution in [2.45, 2.75) is 25.3 Å². The fraction of sp³-hybridized carbons (Fsp3) is 0.455. The van der Waals surface area contributed by atoms with E-state index in [1.165, 1.54) is 28.4 Å². The summed E-state index contributed by atoms with van der Waals surface area (Å²) in [5.41, 5.74) is 7.44. The van der Waals surface area contributed by atoms with Gasteiger partial charge in [-0.25, -0.2) is 0 Å². The normalized spacial score (nSPS) is 18.1. The van der Waals surface area contributed by atoms with Gasteiger partial charge in [0.15, 0.2) is 0 Å². The summed E-state index contributed by atoms with van der Waals surface area (Å²) >= 11 is 2.32. The van der Waals surface area contributed by atoms with Gasteiger partial charge in [-0.1, -0.05) is 18.6 Å². The molecule has 1 aromatic rings. The zero-order valence-corrected chi connectivity index (χ0v) is 10.9. The van der Waals surface area contributed by atoms with Crippen LogP contribution in [0.1, 0.15) is 30.9 Å². The molecule has 1 saturated carbocycles. The Morgan fingerprint density at radius 2 is 1.79 bits per heavy atom. The zero-order valence-electron chi connectivity index (χ0n) is 7.95. The highest BCUT2D eigenvalue weighted by Gasteiger charge is 2.25. The molecule has 0 saturated heterocycles. The van der Waals surface area contributed by atoms with Gasteiger partial charge in [-0.3, -0.25) is 0 Å². The van der Waals surface area contributed by atoms with Gasteiger partial charge in [-0.15, -0.1) is 12.4 Å². The second-order valence-corrected chi connectivity index (χ2v) is 5.01. The average molecular weight is 324 g/mol. The third-order valence-corrected chi connectivity index (χ3v) is 3.63. The molecule has 0 heterocycles. The molecule has 1 nitrogen and oxygen atoms in total. The van der Waals surface area contributed by atoms with E-state index in [1.807, 2.05) is 0 Å². The fourth-order valence-electron chi connectivity index (χ4n) is 1.76. The van der Waals surface area contributed by atoms with Crippen LogP contribution in [0.15, 0.2) is 24.3 Å². The predicted molar refractivity (Wildman–Crippen MR) is 70.7 cm³/mol. The lowest BCUT2D eigenvalue weighted by Gasteiger charge is -2.31. The third-order valence-electron chi connectivity index (χ3n) is 2.91. The van der Waals surface area contributed by atoms with E-state index in [4.69, 9.17) is 5.73 Å². The smallest absolute Gasteiger partial charge is 0.0323 e. The van der Waals surface area contributed by atoms with Gasteiger partial charge in [0, 0.05) is 9.61 Å². The highest BCUT2D eigenvalue weighted by molar-refractivity contribution is 14.1. The molecule has 1 atom stereocenters. The van der Waals surface area contributed by atoms with Crippen molar-refractivity contribution < 1.29 is 0 Å². The first-order valence-corrected chi connectivity index (χ1v) is 5.86. The Bertz CT molecular complexity index is 282. The lowest BCUT2D eigenvalue weighted by molar-refractivity contribution is 0.264. The quantitative estimate of drug-likeness (QED) is 0.828. The van der Waals surface area contributed by atoms with E-state index >= 15 is 0 Å². The van der Waals surface area contributed by atoms with Crippen molar-refractivity contribution in [2.75, 3.05) is 0 Å². The van der Waals surface area contributed by atoms with Gasteiger partial charge in [-0.2, -0.15) is 0 Å². The Hall–Kier alpha value is 0.200. The van der Waals surface area contributed by atoms with Crippen LogP contribution < -0.4 is 5.73 Å². The molecule has 1 aliphatic carbocycles. The van der Waals surface area contributed by atoms with Gasteiger partial charge < -0.3 is 5.73 Å². The van der Waals surface area contributed by atoms with Crippen molar-refractivity contribution in [1.29, 1.82) is 0 Å². The van der Waals surface area contributed by atoms with Crippen LogP contribution in [0.3, 0.4) is 0 Å². The monoisotopic (exact) mass is 323 g/mol. The maximum Gasteiger partial charge on any atom is 0.0323 e. The van der Waals surface area contributed by atoms with E-state index in [0.717, 1.165) is 5.92 Å². The Balaban J connectivity index is 0.000000980. The SMILES string of the molecule is Cl.N[C@@H](c1ccc(I)cc1)C1CCC1. The van der Waals surface area contributed by atoms with Gasteiger partial charge in [-0.05, 0) is 59.0 Å². The standard InChI is InChI=1S/C11H14IN.ClH/c12-10-6-4-9(5-7-10)11(13)8-2-1-3-8;/h4-8,11H,1-3,13H2;1H/t11-;/m1./s1. The summed E-state index contributed by atoms with van der Waals surface area (Å²) < 4.78 is 1.28. The molecular weight excluding hydrogens is 308 g/mol. The molecular formula is C11H15ClIN. The van der Waals surface area contributed by atoms with Crippen molar-refractivity contribution in [3.63, 3.8) is 0 Å². The minimum Gasteiger partial charge on any atom is -0.324 e. The summed E-state index contributed by atoms with van der Waals surface area (Å²) in [5.74, 6) is 0.736. The fourth-order valence-corrected chi connectivity index (χ4v) is 2.12. The maximum absolute atomic E-state index is 6.15. The minimum absolute atomic E-state index is 0. The summed E-state index contributed by atoms with van der Waals surface area (Å²) in [7, 11) is 0. The van der Waals surface area contributed by atoms with E-state index in [0.29, 0.717) is 0 Å². The number of hydrogen-bond acceptors (Lipinski definition) is 1. The van der Waals surface area contributed by atoms with E-state index in [-0.39, 0.29) is 18.4 Å². The molecule has 1 aliphatic rings. The second-order valence-electron chi connectivity index (χ2n) is 3.77. The average Bonchev–Trinajstić information content (AvgIpc) is 2.02.